The normalized spacial score (nSPS) is 16.7. The number of ether oxygens (including phenoxy) is 1. The summed E-state index contributed by atoms with van der Waals surface area (Å²) < 4.78 is 5.20. The number of halogens is 1. The van der Waals surface area contributed by atoms with Gasteiger partial charge in [0.05, 0.1) is 12.6 Å². The number of esters is 1. The van der Waals surface area contributed by atoms with Crippen LogP contribution in [0.15, 0.2) is 54.6 Å². The van der Waals surface area contributed by atoms with E-state index in [1.54, 1.807) is 13.8 Å². The fraction of sp³-hybridized carbons (Fsp3) is 0.400. The van der Waals surface area contributed by atoms with Gasteiger partial charge in [-0.3, -0.25) is 14.9 Å². The lowest BCUT2D eigenvalue weighted by Gasteiger charge is -2.36. The van der Waals surface area contributed by atoms with Crippen molar-refractivity contribution in [2.24, 2.45) is 0 Å². The SMILES string of the molecule is CCOC(=O)[C@H](CCc1ccccc1)NC(C)C(=O)N1Cc2ccccc2CC1C(=O)O.Cl. The van der Waals surface area contributed by atoms with Crippen molar-refractivity contribution in [3.63, 3.8) is 0 Å². The molecule has 8 heteroatoms. The van der Waals surface area contributed by atoms with Gasteiger partial charge in [-0.25, -0.2) is 4.79 Å². The molecule has 178 valence electrons. The zero-order chi connectivity index (χ0) is 23.1. The van der Waals surface area contributed by atoms with Crippen LogP contribution < -0.4 is 5.32 Å². The van der Waals surface area contributed by atoms with Crippen molar-refractivity contribution in [2.75, 3.05) is 6.61 Å². The van der Waals surface area contributed by atoms with Crippen LogP contribution in [0.1, 0.15) is 37.0 Å². The maximum atomic E-state index is 13.3. The van der Waals surface area contributed by atoms with Crippen LogP contribution in [-0.4, -0.2) is 52.6 Å². The molecule has 33 heavy (non-hydrogen) atoms. The fourth-order valence-electron chi connectivity index (χ4n) is 4.06. The predicted molar refractivity (Wildman–Crippen MR) is 127 cm³/mol. The number of fused-ring (bicyclic) bond motifs is 1. The molecule has 0 aromatic heterocycles. The van der Waals surface area contributed by atoms with E-state index >= 15 is 0 Å². The predicted octanol–water partition coefficient (Wildman–Crippen LogP) is 2.99. The van der Waals surface area contributed by atoms with Crippen molar-refractivity contribution in [1.82, 2.24) is 10.2 Å². The Morgan fingerprint density at radius 2 is 1.73 bits per heavy atom. The van der Waals surface area contributed by atoms with Crippen LogP contribution in [0.3, 0.4) is 0 Å². The number of hydrogen-bond donors (Lipinski definition) is 2. The van der Waals surface area contributed by atoms with Crippen LogP contribution in [0.2, 0.25) is 0 Å². The average molecular weight is 475 g/mol. The molecule has 0 saturated heterocycles. The van der Waals surface area contributed by atoms with Gasteiger partial charge in [0, 0.05) is 13.0 Å². The van der Waals surface area contributed by atoms with Gasteiger partial charge in [-0.1, -0.05) is 54.6 Å². The lowest BCUT2D eigenvalue weighted by molar-refractivity contribution is -0.153. The van der Waals surface area contributed by atoms with E-state index in [-0.39, 0.29) is 37.9 Å². The molecule has 1 aliphatic heterocycles. The summed E-state index contributed by atoms with van der Waals surface area (Å²) in [6, 6.07) is 15.0. The third kappa shape index (κ3) is 6.79. The van der Waals surface area contributed by atoms with E-state index in [1.165, 1.54) is 4.90 Å². The Balaban J connectivity index is 0.00000385. The van der Waals surface area contributed by atoms with Crippen molar-refractivity contribution in [3.05, 3.63) is 71.3 Å². The number of aliphatic carboxylic acids is 1. The zero-order valence-corrected chi connectivity index (χ0v) is 19.7. The topological polar surface area (TPSA) is 95.9 Å². The lowest BCUT2D eigenvalue weighted by Crippen LogP contribution is -2.56. The van der Waals surface area contributed by atoms with Gasteiger partial charge < -0.3 is 14.7 Å². The average Bonchev–Trinajstić information content (AvgIpc) is 2.80. The zero-order valence-electron chi connectivity index (χ0n) is 18.9. The van der Waals surface area contributed by atoms with Crippen LogP contribution in [-0.2, 0) is 38.5 Å². The van der Waals surface area contributed by atoms with Crippen molar-refractivity contribution >= 4 is 30.3 Å². The molecular weight excluding hydrogens is 444 g/mol. The summed E-state index contributed by atoms with van der Waals surface area (Å²) in [5.41, 5.74) is 2.97. The molecule has 0 spiro atoms. The number of aryl methyl sites for hydroxylation is 1. The number of rotatable bonds is 9. The van der Waals surface area contributed by atoms with Crippen LogP contribution in [0, 0.1) is 0 Å². The van der Waals surface area contributed by atoms with Crippen LogP contribution in [0.4, 0.5) is 0 Å². The molecule has 0 aliphatic carbocycles. The molecule has 3 atom stereocenters. The number of nitrogens with zero attached hydrogens (tertiary/aromatic N) is 1. The van der Waals surface area contributed by atoms with Gasteiger partial charge in [0.2, 0.25) is 5.91 Å². The highest BCUT2D eigenvalue weighted by Gasteiger charge is 2.37. The molecule has 2 aromatic carbocycles. The molecular formula is C25H31ClN2O5. The minimum atomic E-state index is -1.04. The molecule has 0 bridgehead atoms. The number of amides is 1. The minimum Gasteiger partial charge on any atom is -0.480 e. The summed E-state index contributed by atoms with van der Waals surface area (Å²) in [4.78, 5) is 39.1. The highest BCUT2D eigenvalue weighted by Crippen LogP contribution is 2.24. The summed E-state index contributed by atoms with van der Waals surface area (Å²) in [5, 5.41) is 12.8. The van der Waals surface area contributed by atoms with Crippen LogP contribution in [0.5, 0.6) is 0 Å². The highest BCUT2D eigenvalue weighted by atomic mass is 35.5. The van der Waals surface area contributed by atoms with Crippen LogP contribution in [0.25, 0.3) is 0 Å². The van der Waals surface area contributed by atoms with Crippen molar-refractivity contribution in [2.45, 2.75) is 57.8 Å². The maximum absolute atomic E-state index is 13.3. The second-order valence-electron chi connectivity index (χ2n) is 8.01. The highest BCUT2D eigenvalue weighted by molar-refractivity contribution is 5.88. The van der Waals surface area contributed by atoms with E-state index in [0.29, 0.717) is 12.8 Å². The van der Waals surface area contributed by atoms with Gasteiger partial charge in [0.25, 0.3) is 0 Å². The molecule has 1 heterocycles. The monoisotopic (exact) mass is 474 g/mol. The van der Waals surface area contributed by atoms with E-state index in [1.807, 2.05) is 54.6 Å². The molecule has 0 saturated carbocycles. The van der Waals surface area contributed by atoms with Crippen molar-refractivity contribution in [1.29, 1.82) is 0 Å². The van der Waals surface area contributed by atoms with E-state index < -0.39 is 30.1 Å². The minimum absolute atomic E-state index is 0. The molecule has 3 rings (SSSR count). The number of hydrogen-bond acceptors (Lipinski definition) is 5. The van der Waals surface area contributed by atoms with Crippen LogP contribution >= 0.6 is 12.4 Å². The van der Waals surface area contributed by atoms with Gasteiger partial charge >= 0.3 is 11.9 Å². The number of carboxylic acid groups (broad SMARTS) is 1. The van der Waals surface area contributed by atoms with Gasteiger partial charge in [-0.05, 0) is 43.4 Å². The van der Waals surface area contributed by atoms with E-state index in [0.717, 1.165) is 16.7 Å². The Morgan fingerprint density at radius 1 is 1.09 bits per heavy atom. The van der Waals surface area contributed by atoms with Crippen molar-refractivity contribution in [3.8, 4) is 0 Å². The first kappa shape index (κ1) is 26.4. The van der Waals surface area contributed by atoms with Gasteiger partial charge in [-0.2, -0.15) is 0 Å². The summed E-state index contributed by atoms with van der Waals surface area (Å²) in [5.74, 6) is -1.80. The summed E-state index contributed by atoms with van der Waals surface area (Å²) in [6.45, 7) is 3.88. The number of carbonyl (C=O) groups excluding carboxylic acids is 2. The van der Waals surface area contributed by atoms with Gasteiger partial charge in [0.15, 0.2) is 0 Å². The quantitative estimate of drug-likeness (QED) is 0.542. The second kappa shape index (κ2) is 12.4. The Morgan fingerprint density at radius 3 is 2.36 bits per heavy atom. The summed E-state index contributed by atoms with van der Waals surface area (Å²) in [6.07, 6.45) is 1.37. The van der Waals surface area contributed by atoms with E-state index in [2.05, 4.69) is 5.32 Å². The fourth-order valence-corrected chi connectivity index (χ4v) is 4.06. The molecule has 2 N–H and O–H groups in total. The number of nitrogens with one attached hydrogen (secondary N) is 1. The summed E-state index contributed by atoms with van der Waals surface area (Å²) in [7, 11) is 0. The first-order chi connectivity index (χ1) is 15.4. The Kier molecular flexibility index (Phi) is 9.88. The number of carbonyl (C=O) groups is 3. The Hall–Kier alpha value is -2.90. The largest absolute Gasteiger partial charge is 0.480 e. The summed E-state index contributed by atoms with van der Waals surface area (Å²) >= 11 is 0. The third-order valence-corrected chi connectivity index (χ3v) is 5.77. The molecule has 2 aromatic rings. The molecule has 0 fully saturated rings. The van der Waals surface area contributed by atoms with Gasteiger partial charge in [0.1, 0.15) is 12.1 Å². The number of benzene rings is 2. The first-order valence-corrected chi connectivity index (χ1v) is 11.0. The lowest BCUT2D eigenvalue weighted by atomic mass is 9.93. The van der Waals surface area contributed by atoms with Gasteiger partial charge in [-0.15, -0.1) is 12.4 Å². The molecule has 0 radical (unpaired) electrons. The molecule has 1 aliphatic rings. The second-order valence-corrected chi connectivity index (χ2v) is 8.01. The van der Waals surface area contributed by atoms with E-state index in [4.69, 9.17) is 4.74 Å². The first-order valence-electron chi connectivity index (χ1n) is 11.0. The maximum Gasteiger partial charge on any atom is 0.326 e. The standard InChI is InChI=1S/C25H30N2O5.ClH/c1-3-32-25(31)21(14-13-18-9-5-4-6-10-18)26-17(2)23(28)27-16-20-12-8-7-11-19(20)15-22(27)24(29)30;/h4-12,17,21-22,26H,3,13-16H2,1-2H3,(H,29,30);1H/t17?,21-,22?;/m0./s1. The Labute approximate surface area is 200 Å². The Bertz CT molecular complexity index is 953. The third-order valence-electron chi connectivity index (χ3n) is 5.77. The number of carboxylic acids is 1. The smallest absolute Gasteiger partial charge is 0.326 e. The molecule has 2 unspecified atom stereocenters. The molecule has 7 nitrogen and oxygen atoms in total. The molecule has 1 amide bonds. The van der Waals surface area contributed by atoms with E-state index in [9.17, 15) is 19.5 Å². The van der Waals surface area contributed by atoms with Crippen molar-refractivity contribution < 1.29 is 24.2 Å².